The predicted molar refractivity (Wildman–Crippen MR) is 152 cm³/mol. The summed E-state index contributed by atoms with van der Waals surface area (Å²) in [5, 5.41) is 14.6. The zero-order chi connectivity index (χ0) is 27.8. The van der Waals surface area contributed by atoms with Gasteiger partial charge in [-0.3, -0.25) is 14.7 Å². The molecule has 0 saturated heterocycles. The molecule has 2 aromatic heterocycles. The second-order valence-electron chi connectivity index (χ2n) is 9.99. The van der Waals surface area contributed by atoms with E-state index in [1.807, 2.05) is 30.3 Å². The number of para-hydroxylation sites is 1. The van der Waals surface area contributed by atoms with Crippen LogP contribution in [0.3, 0.4) is 0 Å². The molecule has 2 heterocycles. The van der Waals surface area contributed by atoms with Crippen LogP contribution in [0.25, 0.3) is 11.3 Å². The smallest absolute Gasteiger partial charge is 0.415 e. The highest BCUT2D eigenvalue weighted by molar-refractivity contribution is 6.00. The Labute approximate surface area is 228 Å². The van der Waals surface area contributed by atoms with Crippen LogP contribution in [0.5, 0.6) is 0 Å². The van der Waals surface area contributed by atoms with Gasteiger partial charge in [0.1, 0.15) is 12.1 Å². The van der Waals surface area contributed by atoms with Crippen molar-refractivity contribution < 1.29 is 14.3 Å². The van der Waals surface area contributed by atoms with Crippen LogP contribution < -0.4 is 15.5 Å². The van der Waals surface area contributed by atoms with E-state index in [1.165, 1.54) is 10.5 Å². The third kappa shape index (κ3) is 7.85. The molecule has 2 aromatic carbocycles. The van der Waals surface area contributed by atoms with Gasteiger partial charge in [-0.15, -0.1) is 10.2 Å². The lowest BCUT2D eigenvalue weighted by Gasteiger charge is -2.27. The van der Waals surface area contributed by atoms with E-state index in [0.717, 1.165) is 11.3 Å². The zero-order valence-corrected chi connectivity index (χ0v) is 22.5. The Morgan fingerprint density at radius 3 is 2.26 bits per heavy atom. The van der Waals surface area contributed by atoms with Crippen molar-refractivity contribution in [3.05, 3.63) is 96.8 Å². The molecule has 0 aliphatic heterocycles. The summed E-state index contributed by atoms with van der Waals surface area (Å²) in [5.41, 5.74) is 3.25. The van der Waals surface area contributed by atoms with E-state index in [1.54, 1.807) is 69.6 Å². The predicted octanol–water partition coefficient (Wildman–Crippen LogP) is 6.09. The van der Waals surface area contributed by atoms with E-state index in [4.69, 9.17) is 4.74 Å². The molecule has 39 heavy (non-hydrogen) atoms. The minimum absolute atomic E-state index is 0.100. The topological polar surface area (TPSA) is 109 Å². The normalized spacial score (nSPS) is 11.8. The molecule has 0 spiro atoms. The number of hydrogen-bond donors (Lipinski definition) is 2. The quantitative estimate of drug-likeness (QED) is 0.287. The Kier molecular flexibility index (Phi) is 8.50. The molecule has 4 rings (SSSR count). The minimum Gasteiger partial charge on any atom is -0.443 e. The van der Waals surface area contributed by atoms with Crippen LogP contribution in [0.1, 0.15) is 39.3 Å². The number of benzene rings is 2. The molecule has 0 saturated carbocycles. The lowest BCUT2D eigenvalue weighted by molar-refractivity contribution is -0.115. The number of nitrogens with one attached hydrogen (secondary N) is 2. The van der Waals surface area contributed by atoms with E-state index in [-0.39, 0.29) is 18.4 Å². The monoisotopic (exact) mass is 524 g/mol. The number of aromatic nitrogens is 3. The van der Waals surface area contributed by atoms with Crippen molar-refractivity contribution in [1.82, 2.24) is 15.2 Å². The number of ether oxygens (including phenoxy) is 1. The van der Waals surface area contributed by atoms with Gasteiger partial charge in [-0.05, 0) is 63.6 Å². The van der Waals surface area contributed by atoms with Gasteiger partial charge >= 0.3 is 6.09 Å². The number of amides is 2. The van der Waals surface area contributed by atoms with Crippen LogP contribution in [0.15, 0.2) is 91.3 Å². The van der Waals surface area contributed by atoms with E-state index < -0.39 is 17.6 Å². The number of nitrogens with zero attached hydrogens (tertiary/aromatic N) is 4. The lowest BCUT2D eigenvalue weighted by atomic mass is 10.1. The molecule has 0 radical (unpaired) electrons. The second kappa shape index (κ2) is 12.2. The SMILES string of the molecule is C[C@H](Nc1cncc(-c2ccc(NC(=O)CN(C(=O)OC(C)(C)C)c3ccccc3)nn2)c1)c1ccccc1. The highest BCUT2D eigenvalue weighted by atomic mass is 16.6. The maximum absolute atomic E-state index is 12.8. The fourth-order valence-electron chi connectivity index (χ4n) is 3.80. The van der Waals surface area contributed by atoms with Gasteiger partial charge in [-0.1, -0.05) is 48.5 Å². The zero-order valence-electron chi connectivity index (χ0n) is 22.5. The summed E-state index contributed by atoms with van der Waals surface area (Å²) in [5.74, 6) is -0.171. The van der Waals surface area contributed by atoms with Gasteiger partial charge in [0.05, 0.1) is 11.4 Å². The van der Waals surface area contributed by atoms with Crippen molar-refractivity contribution in [3.8, 4) is 11.3 Å². The minimum atomic E-state index is -0.705. The molecular formula is C30H32N6O3. The number of carbonyl (C=O) groups excluding carboxylic acids is 2. The summed E-state index contributed by atoms with van der Waals surface area (Å²) in [6.45, 7) is 7.16. The maximum atomic E-state index is 12.8. The van der Waals surface area contributed by atoms with E-state index in [2.05, 4.69) is 44.9 Å². The van der Waals surface area contributed by atoms with Gasteiger partial charge in [-0.2, -0.15) is 0 Å². The van der Waals surface area contributed by atoms with Gasteiger partial charge in [0.2, 0.25) is 5.91 Å². The summed E-state index contributed by atoms with van der Waals surface area (Å²) >= 11 is 0. The Morgan fingerprint density at radius 1 is 0.923 bits per heavy atom. The third-order valence-corrected chi connectivity index (χ3v) is 5.63. The lowest BCUT2D eigenvalue weighted by Crippen LogP contribution is -2.41. The first-order chi connectivity index (χ1) is 18.7. The van der Waals surface area contributed by atoms with Crippen molar-refractivity contribution in [2.24, 2.45) is 0 Å². The third-order valence-electron chi connectivity index (χ3n) is 5.63. The number of carbonyl (C=O) groups is 2. The van der Waals surface area contributed by atoms with Crippen molar-refractivity contribution >= 4 is 29.2 Å². The van der Waals surface area contributed by atoms with Crippen LogP contribution in [-0.4, -0.2) is 39.3 Å². The van der Waals surface area contributed by atoms with Crippen LogP contribution in [-0.2, 0) is 9.53 Å². The van der Waals surface area contributed by atoms with Crippen LogP contribution in [0.4, 0.5) is 22.0 Å². The fourth-order valence-corrected chi connectivity index (χ4v) is 3.80. The van der Waals surface area contributed by atoms with Crippen molar-refractivity contribution in [3.63, 3.8) is 0 Å². The van der Waals surface area contributed by atoms with Crippen molar-refractivity contribution in [2.45, 2.75) is 39.3 Å². The molecule has 0 fully saturated rings. The van der Waals surface area contributed by atoms with Crippen molar-refractivity contribution in [1.29, 1.82) is 0 Å². The molecule has 0 bridgehead atoms. The molecule has 2 N–H and O–H groups in total. The molecule has 200 valence electrons. The Balaban J connectivity index is 1.42. The molecular weight excluding hydrogens is 492 g/mol. The average Bonchev–Trinajstić information content (AvgIpc) is 2.92. The van der Waals surface area contributed by atoms with E-state index >= 15 is 0 Å². The summed E-state index contributed by atoms with van der Waals surface area (Å²) in [6.07, 6.45) is 2.85. The summed E-state index contributed by atoms with van der Waals surface area (Å²) in [7, 11) is 0. The number of pyridine rings is 1. The van der Waals surface area contributed by atoms with E-state index in [0.29, 0.717) is 11.4 Å². The summed E-state index contributed by atoms with van der Waals surface area (Å²) in [6, 6.07) is 24.5. The van der Waals surface area contributed by atoms with Gasteiger partial charge in [0, 0.05) is 29.7 Å². The van der Waals surface area contributed by atoms with Gasteiger partial charge < -0.3 is 15.4 Å². The van der Waals surface area contributed by atoms with Gasteiger partial charge in [0.15, 0.2) is 5.82 Å². The molecule has 0 unspecified atom stereocenters. The summed E-state index contributed by atoms with van der Waals surface area (Å²) in [4.78, 5) is 31.3. The van der Waals surface area contributed by atoms with Crippen LogP contribution in [0.2, 0.25) is 0 Å². The Hall–Kier alpha value is -4.79. The maximum Gasteiger partial charge on any atom is 0.415 e. The molecule has 9 nitrogen and oxygen atoms in total. The Bertz CT molecular complexity index is 1390. The Morgan fingerprint density at radius 2 is 1.62 bits per heavy atom. The highest BCUT2D eigenvalue weighted by Crippen LogP contribution is 2.24. The second-order valence-corrected chi connectivity index (χ2v) is 9.99. The molecule has 0 aliphatic rings. The van der Waals surface area contributed by atoms with Crippen LogP contribution in [0, 0.1) is 0 Å². The highest BCUT2D eigenvalue weighted by Gasteiger charge is 2.25. The van der Waals surface area contributed by atoms with Gasteiger partial charge in [0.25, 0.3) is 0 Å². The molecule has 9 heteroatoms. The first-order valence-corrected chi connectivity index (χ1v) is 12.6. The standard InChI is InChI=1S/C30H32N6O3/c1-21(22-11-7-5-8-12-22)32-24-17-23(18-31-19-24)26-15-16-27(35-34-26)33-28(37)20-36(25-13-9-6-10-14-25)29(38)39-30(2,3)4/h5-19,21,32H,20H2,1-4H3,(H,33,35,37)/t21-/m0/s1. The molecule has 4 aromatic rings. The molecule has 0 aliphatic carbocycles. The number of rotatable bonds is 8. The van der Waals surface area contributed by atoms with E-state index in [9.17, 15) is 9.59 Å². The number of hydrogen-bond acceptors (Lipinski definition) is 7. The first kappa shape index (κ1) is 27.3. The fraction of sp³-hybridized carbons (Fsp3) is 0.233. The first-order valence-electron chi connectivity index (χ1n) is 12.6. The molecule has 2 amide bonds. The van der Waals surface area contributed by atoms with Crippen molar-refractivity contribution in [2.75, 3.05) is 22.1 Å². The number of anilines is 3. The average molecular weight is 525 g/mol. The van der Waals surface area contributed by atoms with Gasteiger partial charge in [-0.25, -0.2) is 4.79 Å². The molecule has 1 atom stereocenters. The summed E-state index contributed by atoms with van der Waals surface area (Å²) < 4.78 is 5.50. The largest absolute Gasteiger partial charge is 0.443 e. The van der Waals surface area contributed by atoms with Crippen LogP contribution >= 0.6 is 0 Å².